The van der Waals surface area contributed by atoms with E-state index in [1.54, 1.807) is 0 Å². The molecule has 0 spiro atoms. The van der Waals surface area contributed by atoms with Gasteiger partial charge in [-0.05, 0) is 11.8 Å². The number of hydrogen-bond donors (Lipinski definition) is 1. The molecule has 0 unspecified atom stereocenters. The molecule has 0 saturated heterocycles. The van der Waals surface area contributed by atoms with Crippen molar-refractivity contribution in [1.29, 1.82) is 0 Å². The first kappa shape index (κ1) is 9.96. The van der Waals surface area contributed by atoms with Gasteiger partial charge in [-0.3, -0.25) is 9.89 Å². The predicted molar refractivity (Wildman–Crippen MR) is 52.2 cm³/mol. The highest BCUT2D eigenvalue weighted by Gasteiger charge is 2.16. The van der Waals surface area contributed by atoms with Crippen LogP contribution in [0.5, 0.6) is 0 Å². The molecule has 0 saturated carbocycles. The van der Waals surface area contributed by atoms with Gasteiger partial charge >= 0.3 is 0 Å². The van der Waals surface area contributed by atoms with Crippen LogP contribution in [-0.2, 0) is 0 Å². The molecule has 0 bridgehead atoms. The fourth-order valence-electron chi connectivity index (χ4n) is 1.38. The molecule has 3 heteroatoms. The number of nitrogens with one attached hydrogen (secondary N) is 1. The number of carbonyl (C=O) groups is 1. The predicted octanol–water partition coefficient (Wildman–Crippen LogP) is 2.47. The second-order valence-corrected chi connectivity index (χ2v) is 3.86. The molecule has 72 valence electrons. The standard InChI is InChI=1S/C10H16N2O/c1-6(2)9-8(5-13)10(7(3)4)12-11-9/h5-7H,1-4H3,(H,11,12). The van der Waals surface area contributed by atoms with Crippen molar-refractivity contribution in [3.8, 4) is 0 Å². The first-order valence-corrected chi connectivity index (χ1v) is 4.61. The van der Waals surface area contributed by atoms with Crippen molar-refractivity contribution >= 4 is 6.29 Å². The molecule has 1 N–H and O–H groups in total. The Hall–Kier alpha value is -1.12. The molecular formula is C10H16N2O. The number of carbonyl (C=O) groups excluding carboxylic acids is 1. The van der Waals surface area contributed by atoms with Crippen LogP contribution in [0, 0.1) is 0 Å². The van der Waals surface area contributed by atoms with Crippen LogP contribution in [0.25, 0.3) is 0 Å². The molecule has 0 atom stereocenters. The number of rotatable bonds is 3. The largest absolute Gasteiger partial charge is 0.298 e. The Labute approximate surface area is 78.5 Å². The van der Waals surface area contributed by atoms with E-state index < -0.39 is 0 Å². The third-order valence-electron chi connectivity index (χ3n) is 2.11. The summed E-state index contributed by atoms with van der Waals surface area (Å²) in [5, 5.41) is 7.08. The van der Waals surface area contributed by atoms with Gasteiger partial charge in [0.1, 0.15) is 0 Å². The molecule has 0 fully saturated rings. The minimum Gasteiger partial charge on any atom is -0.298 e. The van der Waals surface area contributed by atoms with E-state index in [4.69, 9.17) is 0 Å². The van der Waals surface area contributed by atoms with Gasteiger partial charge in [-0.15, -0.1) is 0 Å². The summed E-state index contributed by atoms with van der Waals surface area (Å²) >= 11 is 0. The Morgan fingerprint density at radius 1 is 1.23 bits per heavy atom. The Morgan fingerprint density at radius 2 is 1.85 bits per heavy atom. The lowest BCUT2D eigenvalue weighted by molar-refractivity contribution is 0.112. The zero-order chi connectivity index (χ0) is 10.0. The lowest BCUT2D eigenvalue weighted by Gasteiger charge is -2.03. The second kappa shape index (κ2) is 3.73. The van der Waals surface area contributed by atoms with Gasteiger partial charge in [-0.1, -0.05) is 27.7 Å². The van der Waals surface area contributed by atoms with Crippen molar-refractivity contribution in [1.82, 2.24) is 10.2 Å². The summed E-state index contributed by atoms with van der Waals surface area (Å²) < 4.78 is 0. The monoisotopic (exact) mass is 180 g/mol. The van der Waals surface area contributed by atoms with E-state index in [1.165, 1.54) is 0 Å². The summed E-state index contributed by atoms with van der Waals surface area (Å²) in [5.41, 5.74) is 2.56. The van der Waals surface area contributed by atoms with Crippen LogP contribution in [-0.4, -0.2) is 16.5 Å². The van der Waals surface area contributed by atoms with Gasteiger partial charge in [0.25, 0.3) is 0 Å². The van der Waals surface area contributed by atoms with Gasteiger partial charge in [0.2, 0.25) is 0 Å². The quantitative estimate of drug-likeness (QED) is 0.726. The highest BCUT2D eigenvalue weighted by atomic mass is 16.1. The maximum absolute atomic E-state index is 10.9. The van der Waals surface area contributed by atoms with Gasteiger partial charge in [0.15, 0.2) is 6.29 Å². The Morgan fingerprint density at radius 3 is 2.23 bits per heavy atom. The normalized spacial score (nSPS) is 11.2. The van der Waals surface area contributed by atoms with Crippen LogP contribution < -0.4 is 0 Å². The van der Waals surface area contributed by atoms with Crippen molar-refractivity contribution < 1.29 is 4.79 Å². The van der Waals surface area contributed by atoms with Crippen molar-refractivity contribution in [2.24, 2.45) is 0 Å². The number of aromatic amines is 1. The molecule has 13 heavy (non-hydrogen) atoms. The zero-order valence-corrected chi connectivity index (χ0v) is 8.59. The molecule has 1 heterocycles. The molecule has 0 aliphatic heterocycles. The van der Waals surface area contributed by atoms with Crippen LogP contribution in [0.2, 0.25) is 0 Å². The average Bonchev–Trinajstić information content (AvgIpc) is 2.46. The van der Waals surface area contributed by atoms with Crippen molar-refractivity contribution in [2.45, 2.75) is 39.5 Å². The van der Waals surface area contributed by atoms with E-state index in [2.05, 4.69) is 10.2 Å². The number of H-pyrrole nitrogens is 1. The molecule has 3 nitrogen and oxygen atoms in total. The van der Waals surface area contributed by atoms with E-state index in [0.29, 0.717) is 11.8 Å². The van der Waals surface area contributed by atoms with Gasteiger partial charge in [-0.25, -0.2) is 0 Å². The molecule has 0 aliphatic carbocycles. The molecule has 1 rings (SSSR count). The van der Waals surface area contributed by atoms with E-state index >= 15 is 0 Å². The Kier molecular flexibility index (Phi) is 2.86. The molecule has 1 aromatic rings. The second-order valence-electron chi connectivity index (χ2n) is 3.86. The molecule has 0 aromatic carbocycles. The third kappa shape index (κ3) is 1.79. The number of aldehydes is 1. The maximum Gasteiger partial charge on any atom is 0.153 e. The lowest BCUT2D eigenvalue weighted by Crippen LogP contribution is -1.96. The zero-order valence-electron chi connectivity index (χ0n) is 8.59. The highest BCUT2D eigenvalue weighted by molar-refractivity contribution is 5.78. The fourth-order valence-corrected chi connectivity index (χ4v) is 1.38. The summed E-state index contributed by atoms with van der Waals surface area (Å²) in [6.45, 7) is 8.16. The number of nitrogens with zero attached hydrogens (tertiary/aromatic N) is 1. The SMILES string of the molecule is CC(C)c1n[nH]c(C(C)C)c1C=O. The molecular weight excluding hydrogens is 164 g/mol. The lowest BCUT2D eigenvalue weighted by atomic mass is 10.00. The topological polar surface area (TPSA) is 45.8 Å². The summed E-state index contributed by atoms with van der Waals surface area (Å²) in [6.07, 6.45) is 0.897. The molecule has 0 amide bonds. The first-order chi connectivity index (χ1) is 6.07. The number of hydrogen-bond acceptors (Lipinski definition) is 2. The van der Waals surface area contributed by atoms with E-state index in [0.717, 1.165) is 23.2 Å². The van der Waals surface area contributed by atoms with Crippen LogP contribution in [0.1, 0.15) is 61.3 Å². The van der Waals surface area contributed by atoms with Crippen LogP contribution >= 0.6 is 0 Å². The molecule has 1 aromatic heterocycles. The van der Waals surface area contributed by atoms with Crippen LogP contribution in [0.4, 0.5) is 0 Å². The third-order valence-corrected chi connectivity index (χ3v) is 2.11. The summed E-state index contributed by atoms with van der Waals surface area (Å²) in [5.74, 6) is 0.615. The summed E-state index contributed by atoms with van der Waals surface area (Å²) in [4.78, 5) is 10.9. The summed E-state index contributed by atoms with van der Waals surface area (Å²) in [7, 11) is 0. The van der Waals surface area contributed by atoms with Crippen molar-refractivity contribution in [3.63, 3.8) is 0 Å². The highest BCUT2D eigenvalue weighted by Crippen LogP contribution is 2.23. The van der Waals surface area contributed by atoms with Crippen molar-refractivity contribution in [3.05, 3.63) is 17.0 Å². The van der Waals surface area contributed by atoms with Gasteiger partial charge in [0.05, 0.1) is 11.3 Å². The van der Waals surface area contributed by atoms with Gasteiger partial charge < -0.3 is 0 Å². The number of aromatic nitrogens is 2. The smallest absolute Gasteiger partial charge is 0.153 e. The van der Waals surface area contributed by atoms with Crippen LogP contribution in [0.3, 0.4) is 0 Å². The molecule has 0 radical (unpaired) electrons. The van der Waals surface area contributed by atoms with E-state index in [1.807, 2.05) is 27.7 Å². The van der Waals surface area contributed by atoms with E-state index in [9.17, 15) is 4.79 Å². The Bertz CT molecular complexity index is 274. The maximum atomic E-state index is 10.9. The first-order valence-electron chi connectivity index (χ1n) is 4.61. The van der Waals surface area contributed by atoms with E-state index in [-0.39, 0.29) is 0 Å². The van der Waals surface area contributed by atoms with Gasteiger partial charge in [-0.2, -0.15) is 5.10 Å². The summed E-state index contributed by atoms with van der Waals surface area (Å²) in [6, 6.07) is 0. The van der Waals surface area contributed by atoms with Gasteiger partial charge in [0, 0.05) is 5.69 Å². The van der Waals surface area contributed by atoms with Crippen molar-refractivity contribution in [2.75, 3.05) is 0 Å². The molecule has 0 aliphatic rings. The minimum atomic E-state index is 0.295. The van der Waals surface area contributed by atoms with Crippen LogP contribution in [0.15, 0.2) is 0 Å². The minimum absolute atomic E-state index is 0.295. The average molecular weight is 180 g/mol. The fraction of sp³-hybridized carbons (Fsp3) is 0.600. The Balaban J connectivity index is 3.18.